The van der Waals surface area contributed by atoms with Gasteiger partial charge in [0.25, 0.3) is 5.37 Å². The van der Waals surface area contributed by atoms with Crippen LogP contribution in [0.1, 0.15) is 31.9 Å². The normalized spacial score (nSPS) is 21.2. The molecule has 2 rings (SSSR count). The Kier molecular flexibility index (Phi) is 3.83. The molecule has 0 saturated carbocycles. The minimum Gasteiger partial charge on any atom is -0.613 e. The van der Waals surface area contributed by atoms with Crippen molar-refractivity contribution in [2.24, 2.45) is 10.2 Å². The Morgan fingerprint density at radius 2 is 1.86 bits per heavy atom. The SMILES string of the molecule is CC(C)(C)c1ccc(C2=C(C#N)C([S+](C)(=O)[O-])N=N2)cc1. The van der Waals surface area contributed by atoms with Gasteiger partial charge in [-0.15, -0.1) is 14.4 Å². The van der Waals surface area contributed by atoms with Crippen LogP contribution < -0.4 is 0 Å². The molecule has 2 atom stereocenters. The van der Waals surface area contributed by atoms with E-state index in [1.807, 2.05) is 30.3 Å². The van der Waals surface area contributed by atoms with Crippen molar-refractivity contribution < 1.29 is 8.76 Å². The third-order valence-electron chi connectivity index (χ3n) is 3.32. The highest BCUT2D eigenvalue weighted by Crippen LogP contribution is 2.34. The maximum atomic E-state index is 11.6. The molecule has 1 heterocycles. The number of hydrogen-bond acceptors (Lipinski definition) is 5. The highest BCUT2D eigenvalue weighted by Gasteiger charge is 2.36. The Bertz CT molecular complexity index is 700. The Morgan fingerprint density at radius 1 is 1.29 bits per heavy atom. The number of hydrogen-bond donors (Lipinski definition) is 0. The summed E-state index contributed by atoms with van der Waals surface area (Å²) in [6.07, 6.45) is 1.06. The van der Waals surface area contributed by atoms with Gasteiger partial charge in [0.15, 0.2) is 0 Å². The largest absolute Gasteiger partial charge is 0.613 e. The molecule has 1 aliphatic heterocycles. The second-order valence-corrected chi connectivity index (χ2v) is 8.20. The minimum atomic E-state index is -3.48. The Labute approximate surface area is 125 Å². The first-order valence-electron chi connectivity index (χ1n) is 6.49. The third-order valence-corrected chi connectivity index (χ3v) is 4.46. The average Bonchev–Trinajstić information content (AvgIpc) is 2.81. The van der Waals surface area contributed by atoms with Crippen molar-refractivity contribution in [3.05, 3.63) is 41.0 Å². The first-order valence-corrected chi connectivity index (χ1v) is 8.45. The second-order valence-electron chi connectivity index (χ2n) is 6.10. The lowest BCUT2D eigenvalue weighted by Crippen LogP contribution is -2.24. The lowest BCUT2D eigenvalue weighted by atomic mass is 9.86. The topological polar surface area (TPSA) is 88.6 Å². The monoisotopic (exact) mass is 303 g/mol. The fourth-order valence-electron chi connectivity index (χ4n) is 2.09. The van der Waals surface area contributed by atoms with Crippen LogP contribution in [0.4, 0.5) is 0 Å². The quantitative estimate of drug-likeness (QED) is 0.785. The summed E-state index contributed by atoms with van der Waals surface area (Å²) in [4.78, 5) is 0. The summed E-state index contributed by atoms with van der Waals surface area (Å²) in [7, 11) is -3.48. The van der Waals surface area contributed by atoms with E-state index >= 15 is 0 Å². The van der Waals surface area contributed by atoms with Gasteiger partial charge in [0.05, 0.1) is 10.2 Å². The minimum absolute atomic E-state index is 0.0253. The maximum Gasteiger partial charge on any atom is 0.265 e. The van der Waals surface area contributed by atoms with Crippen LogP contribution in [0.5, 0.6) is 0 Å². The number of benzene rings is 1. The molecular formula is C15H17N3O2S. The van der Waals surface area contributed by atoms with Crippen LogP contribution >= 0.6 is 0 Å². The van der Waals surface area contributed by atoms with E-state index < -0.39 is 15.6 Å². The molecule has 1 aromatic rings. The molecule has 0 aromatic heterocycles. The average molecular weight is 303 g/mol. The fraction of sp³-hybridized carbons (Fsp3) is 0.400. The van der Waals surface area contributed by atoms with Crippen molar-refractivity contribution in [2.45, 2.75) is 31.6 Å². The number of sulfone groups is 1. The molecule has 0 N–H and O–H groups in total. The van der Waals surface area contributed by atoms with Gasteiger partial charge in [-0.25, -0.2) is 0 Å². The highest BCUT2D eigenvalue weighted by molar-refractivity contribution is 7.97. The maximum absolute atomic E-state index is 11.6. The molecule has 0 radical (unpaired) electrons. The zero-order chi connectivity index (χ0) is 15.8. The van der Waals surface area contributed by atoms with E-state index in [-0.39, 0.29) is 11.0 Å². The van der Waals surface area contributed by atoms with Gasteiger partial charge in [0, 0.05) is 5.56 Å². The molecule has 0 saturated heterocycles. The molecule has 6 heteroatoms. The summed E-state index contributed by atoms with van der Waals surface area (Å²) in [5, 5.41) is 15.7. The predicted molar refractivity (Wildman–Crippen MR) is 81.1 cm³/mol. The number of nitrogens with zero attached hydrogens (tertiary/aromatic N) is 3. The number of azo groups is 1. The first kappa shape index (κ1) is 15.5. The smallest absolute Gasteiger partial charge is 0.265 e. The Balaban J connectivity index is 2.45. The van der Waals surface area contributed by atoms with E-state index in [4.69, 9.17) is 0 Å². The van der Waals surface area contributed by atoms with E-state index in [0.29, 0.717) is 11.3 Å². The van der Waals surface area contributed by atoms with Gasteiger partial charge in [-0.2, -0.15) is 5.26 Å². The van der Waals surface area contributed by atoms with Gasteiger partial charge in [-0.05, 0) is 11.0 Å². The zero-order valence-corrected chi connectivity index (χ0v) is 13.3. The van der Waals surface area contributed by atoms with Crippen LogP contribution in [0.15, 0.2) is 40.1 Å². The van der Waals surface area contributed by atoms with E-state index in [1.54, 1.807) is 0 Å². The lowest BCUT2D eigenvalue weighted by molar-refractivity contribution is 0.477. The molecule has 2 unspecified atom stereocenters. The first-order chi connectivity index (χ1) is 9.64. The Morgan fingerprint density at radius 3 is 2.29 bits per heavy atom. The van der Waals surface area contributed by atoms with E-state index in [2.05, 4.69) is 31.0 Å². The van der Waals surface area contributed by atoms with Gasteiger partial charge in [0.1, 0.15) is 23.6 Å². The van der Waals surface area contributed by atoms with Crippen molar-refractivity contribution in [1.82, 2.24) is 0 Å². The molecule has 1 aliphatic rings. The standard InChI is InChI=1S/C15H17N3O2S/c1-15(2,3)11-7-5-10(6-8-11)13-12(9-16)14(18-17-13)21(4,19)20/h5-8,14H,1-4H3. The zero-order valence-electron chi connectivity index (χ0n) is 12.5. The van der Waals surface area contributed by atoms with Crippen LogP contribution in [0.2, 0.25) is 0 Å². The van der Waals surface area contributed by atoms with Crippen LogP contribution in [0.25, 0.3) is 5.70 Å². The van der Waals surface area contributed by atoms with E-state index in [0.717, 1.165) is 11.8 Å². The van der Waals surface area contributed by atoms with E-state index in [9.17, 15) is 14.0 Å². The molecule has 0 spiro atoms. The van der Waals surface area contributed by atoms with Gasteiger partial charge >= 0.3 is 0 Å². The van der Waals surface area contributed by atoms with E-state index in [1.165, 1.54) is 0 Å². The summed E-state index contributed by atoms with van der Waals surface area (Å²) in [5.41, 5.74) is 2.31. The third kappa shape index (κ3) is 3.09. The molecular weight excluding hydrogens is 286 g/mol. The second kappa shape index (κ2) is 5.17. The van der Waals surface area contributed by atoms with Crippen molar-refractivity contribution >= 4 is 15.9 Å². The molecule has 1 aromatic carbocycles. The van der Waals surface area contributed by atoms with Gasteiger partial charge in [-0.1, -0.05) is 45.0 Å². The number of nitriles is 1. The lowest BCUT2D eigenvalue weighted by Gasteiger charge is -2.19. The summed E-state index contributed by atoms with van der Waals surface area (Å²) in [6, 6.07) is 9.53. The van der Waals surface area contributed by atoms with Crippen LogP contribution in [0, 0.1) is 11.3 Å². The van der Waals surface area contributed by atoms with Crippen LogP contribution in [0.3, 0.4) is 0 Å². The summed E-state index contributed by atoms with van der Waals surface area (Å²) in [5.74, 6) is 0. The predicted octanol–water partition coefficient (Wildman–Crippen LogP) is 3.27. The molecule has 21 heavy (non-hydrogen) atoms. The summed E-state index contributed by atoms with van der Waals surface area (Å²) >= 11 is 0. The van der Waals surface area contributed by atoms with Crippen LogP contribution in [-0.4, -0.2) is 16.2 Å². The summed E-state index contributed by atoms with van der Waals surface area (Å²) in [6.45, 7) is 6.32. The van der Waals surface area contributed by atoms with Gasteiger partial charge in [0.2, 0.25) is 0 Å². The molecule has 0 amide bonds. The van der Waals surface area contributed by atoms with Gasteiger partial charge in [-0.3, -0.25) is 0 Å². The molecule has 110 valence electrons. The van der Waals surface area contributed by atoms with Crippen molar-refractivity contribution in [2.75, 3.05) is 6.26 Å². The molecule has 0 aliphatic carbocycles. The summed E-state index contributed by atoms with van der Waals surface area (Å²) < 4.78 is 23.3. The number of rotatable bonds is 2. The van der Waals surface area contributed by atoms with Crippen molar-refractivity contribution in [3.63, 3.8) is 0 Å². The van der Waals surface area contributed by atoms with Crippen LogP contribution in [-0.2, 0) is 19.8 Å². The Hall–Kier alpha value is -1.84. The molecule has 0 fully saturated rings. The highest BCUT2D eigenvalue weighted by atomic mass is 32.3. The van der Waals surface area contributed by atoms with Gasteiger partial charge < -0.3 is 4.55 Å². The van der Waals surface area contributed by atoms with Crippen molar-refractivity contribution in [3.8, 4) is 6.07 Å². The molecule has 0 bridgehead atoms. The van der Waals surface area contributed by atoms with Crippen molar-refractivity contribution in [1.29, 1.82) is 5.26 Å². The fourth-order valence-corrected chi connectivity index (χ4v) is 2.90. The molecule has 5 nitrogen and oxygen atoms in total.